The Morgan fingerprint density at radius 3 is 3.09 bits per heavy atom. The van der Waals surface area contributed by atoms with Crippen molar-refractivity contribution < 1.29 is 10.0 Å². The first-order chi connectivity index (χ1) is 5.22. The Labute approximate surface area is 71.1 Å². The summed E-state index contributed by atoms with van der Waals surface area (Å²) in [6.45, 7) is 0.0160. The predicted octanol–water partition coefficient (Wildman–Crippen LogP) is 0.151. The SMILES string of the molecule is O=C(Cn1cc(Br)cn1)NO. The van der Waals surface area contributed by atoms with Gasteiger partial charge in [-0.05, 0) is 15.9 Å². The summed E-state index contributed by atoms with van der Waals surface area (Å²) in [5, 5.41) is 12.0. The minimum atomic E-state index is -0.499. The molecule has 60 valence electrons. The molecule has 0 aliphatic heterocycles. The van der Waals surface area contributed by atoms with Crippen LogP contribution in [0.25, 0.3) is 0 Å². The molecule has 0 fully saturated rings. The second-order valence-corrected chi connectivity index (χ2v) is 2.81. The van der Waals surface area contributed by atoms with E-state index in [0.29, 0.717) is 0 Å². The number of hydrogen-bond acceptors (Lipinski definition) is 3. The zero-order valence-electron chi connectivity index (χ0n) is 5.49. The fourth-order valence-electron chi connectivity index (χ4n) is 0.607. The number of carbonyl (C=O) groups excluding carboxylic acids is 1. The summed E-state index contributed by atoms with van der Waals surface area (Å²) >= 11 is 3.17. The average molecular weight is 220 g/mol. The van der Waals surface area contributed by atoms with Crippen molar-refractivity contribution >= 4 is 21.8 Å². The van der Waals surface area contributed by atoms with Crippen molar-refractivity contribution in [2.45, 2.75) is 6.54 Å². The molecule has 2 N–H and O–H groups in total. The maximum absolute atomic E-state index is 10.6. The first-order valence-corrected chi connectivity index (χ1v) is 3.62. The third-order valence-corrected chi connectivity index (χ3v) is 1.44. The van der Waals surface area contributed by atoms with Gasteiger partial charge in [0.25, 0.3) is 5.91 Å². The van der Waals surface area contributed by atoms with Crippen LogP contribution in [-0.2, 0) is 11.3 Å². The van der Waals surface area contributed by atoms with E-state index in [1.165, 1.54) is 10.2 Å². The van der Waals surface area contributed by atoms with Crippen LogP contribution in [0, 0.1) is 0 Å². The maximum Gasteiger partial charge on any atom is 0.265 e. The molecule has 0 saturated carbocycles. The van der Waals surface area contributed by atoms with Crippen molar-refractivity contribution in [3.63, 3.8) is 0 Å². The molecular weight excluding hydrogens is 214 g/mol. The fourth-order valence-corrected chi connectivity index (χ4v) is 0.935. The summed E-state index contributed by atoms with van der Waals surface area (Å²) in [6.07, 6.45) is 3.19. The largest absolute Gasteiger partial charge is 0.289 e. The van der Waals surface area contributed by atoms with Crippen LogP contribution in [0.15, 0.2) is 16.9 Å². The number of nitrogens with one attached hydrogen (secondary N) is 1. The van der Waals surface area contributed by atoms with Gasteiger partial charge in [-0.1, -0.05) is 0 Å². The van der Waals surface area contributed by atoms with Gasteiger partial charge in [0, 0.05) is 6.20 Å². The summed E-state index contributed by atoms with van der Waals surface area (Å²) in [4.78, 5) is 10.6. The van der Waals surface area contributed by atoms with Crippen molar-refractivity contribution in [1.82, 2.24) is 15.3 Å². The van der Waals surface area contributed by atoms with Crippen LogP contribution in [0.5, 0.6) is 0 Å². The van der Waals surface area contributed by atoms with E-state index >= 15 is 0 Å². The van der Waals surface area contributed by atoms with Crippen molar-refractivity contribution in [2.75, 3.05) is 0 Å². The molecule has 0 spiro atoms. The molecule has 0 bridgehead atoms. The molecule has 1 rings (SSSR count). The topological polar surface area (TPSA) is 67.2 Å². The lowest BCUT2D eigenvalue weighted by atomic mass is 10.6. The van der Waals surface area contributed by atoms with Gasteiger partial charge in [-0.2, -0.15) is 5.10 Å². The summed E-state index contributed by atoms with van der Waals surface area (Å²) in [6, 6.07) is 0. The number of carbonyl (C=O) groups is 1. The van der Waals surface area contributed by atoms with Gasteiger partial charge in [-0.3, -0.25) is 14.7 Å². The van der Waals surface area contributed by atoms with Gasteiger partial charge in [-0.25, -0.2) is 5.48 Å². The molecule has 0 radical (unpaired) electrons. The molecule has 0 unspecified atom stereocenters. The lowest BCUT2D eigenvalue weighted by molar-refractivity contribution is -0.130. The van der Waals surface area contributed by atoms with Crippen LogP contribution in [0.1, 0.15) is 0 Å². The van der Waals surface area contributed by atoms with Crippen molar-refractivity contribution in [3.05, 3.63) is 16.9 Å². The molecule has 0 atom stereocenters. The van der Waals surface area contributed by atoms with E-state index < -0.39 is 5.91 Å². The van der Waals surface area contributed by atoms with Crippen LogP contribution in [0.4, 0.5) is 0 Å². The number of hydroxylamine groups is 1. The smallest absolute Gasteiger partial charge is 0.265 e. The Kier molecular flexibility index (Phi) is 2.61. The number of halogens is 1. The number of rotatable bonds is 2. The van der Waals surface area contributed by atoms with Gasteiger partial charge in [0.2, 0.25) is 0 Å². The Hall–Kier alpha value is -0.880. The van der Waals surface area contributed by atoms with Crippen LogP contribution in [0.3, 0.4) is 0 Å². The minimum Gasteiger partial charge on any atom is -0.289 e. The van der Waals surface area contributed by atoms with Gasteiger partial charge in [0.15, 0.2) is 0 Å². The van der Waals surface area contributed by atoms with Crippen molar-refractivity contribution in [2.24, 2.45) is 0 Å². The highest BCUT2D eigenvalue weighted by Crippen LogP contribution is 2.05. The second kappa shape index (κ2) is 3.49. The van der Waals surface area contributed by atoms with Crippen LogP contribution in [0.2, 0.25) is 0 Å². The third-order valence-electron chi connectivity index (χ3n) is 1.03. The number of hydrogen-bond donors (Lipinski definition) is 2. The highest BCUT2D eigenvalue weighted by molar-refractivity contribution is 9.10. The zero-order chi connectivity index (χ0) is 8.27. The van der Waals surface area contributed by atoms with Gasteiger partial charge >= 0.3 is 0 Å². The summed E-state index contributed by atoms with van der Waals surface area (Å²) in [7, 11) is 0. The van der Waals surface area contributed by atoms with Crippen LogP contribution in [-0.4, -0.2) is 20.9 Å². The van der Waals surface area contributed by atoms with Crippen molar-refractivity contribution in [3.8, 4) is 0 Å². The highest BCUT2D eigenvalue weighted by atomic mass is 79.9. The molecule has 5 nitrogen and oxygen atoms in total. The van der Waals surface area contributed by atoms with E-state index in [-0.39, 0.29) is 6.54 Å². The fraction of sp³-hybridized carbons (Fsp3) is 0.200. The molecule has 1 aromatic heterocycles. The molecule has 0 saturated heterocycles. The van der Waals surface area contributed by atoms with E-state index in [1.807, 2.05) is 0 Å². The normalized spacial score (nSPS) is 9.64. The minimum absolute atomic E-state index is 0.0160. The monoisotopic (exact) mass is 219 g/mol. The molecule has 11 heavy (non-hydrogen) atoms. The third kappa shape index (κ3) is 2.32. The molecule has 6 heteroatoms. The number of nitrogens with zero attached hydrogens (tertiary/aromatic N) is 2. The van der Waals surface area contributed by atoms with Gasteiger partial charge in [0.05, 0.1) is 10.7 Å². The average Bonchev–Trinajstić information content (AvgIpc) is 2.35. The van der Waals surface area contributed by atoms with Crippen LogP contribution < -0.4 is 5.48 Å². The Morgan fingerprint density at radius 2 is 2.64 bits per heavy atom. The Bertz CT molecular complexity index is 260. The first-order valence-electron chi connectivity index (χ1n) is 2.83. The van der Waals surface area contributed by atoms with E-state index in [9.17, 15) is 4.79 Å². The first kappa shape index (κ1) is 8.22. The quantitative estimate of drug-likeness (QED) is 0.550. The lowest BCUT2D eigenvalue weighted by Crippen LogP contribution is -2.24. The van der Waals surface area contributed by atoms with Crippen molar-refractivity contribution in [1.29, 1.82) is 0 Å². The zero-order valence-corrected chi connectivity index (χ0v) is 7.08. The molecule has 0 aromatic carbocycles. The summed E-state index contributed by atoms with van der Waals surface area (Å²) in [5.74, 6) is -0.499. The molecule has 0 aliphatic carbocycles. The number of amides is 1. The molecule has 1 heterocycles. The second-order valence-electron chi connectivity index (χ2n) is 1.89. The van der Waals surface area contributed by atoms with Gasteiger partial charge in [-0.15, -0.1) is 0 Å². The predicted molar refractivity (Wildman–Crippen MR) is 39.9 cm³/mol. The Balaban J connectivity index is 2.57. The van der Waals surface area contributed by atoms with E-state index in [2.05, 4.69) is 21.0 Å². The number of aromatic nitrogens is 2. The molecule has 1 amide bonds. The summed E-state index contributed by atoms with van der Waals surface area (Å²) in [5.41, 5.74) is 1.51. The molecule has 0 aliphatic rings. The van der Waals surface area contributed by atoms with E-state index in [4.69, 9.17) is 5.21 Å². The molecular formula is C5H6BrN3O2. The Morgan fingerprint density at radius 1 is 1.91 bits per heavy atom. The van der Waals surface area contributed by atoms with E-state index in [0.717, 1.165) is 4.47 Å². The maximum atomic E-state index is 10.6. The van der Waals surface area contributed by atoms with E-state index in [1.54, 1.807) is 12.4 Å². The standard InChI is InChI=1S/C5H6BrN3O2/c6-4-1-7-9(2-4)3-5(10)8-11/h1-2,11H,3H2,(H,8,10). The molecule has 1 aromatic rings. The summed E-state index contributed by atoms with van der Waals surface area (Å²) < 4.78 is 2.19. The van der Waals surface area contributed by atoms with Gasteiger partial charge in [0.1, 0.15) is 6.54 Å². The highest BCUT2D eigenvalue weighted by Gasteiger charge is 2.00. The van der Waals surface area contributed by atoms with Crippen LogP contribution >= 0.6 is 15.9 Å². The van der Waals surface area contributed by atoms with Gasteiger partial charge < -0.3 is 0 Å². The lowest BCUT2D eigenvalue weighted by Gasteiger charge is -1.96.